The highest BCUT2D eigenvalue weighted by molar-refractivity contribution is 6.30. The van der Waals surface area contributed by atoms with E-state index < -0.39 is 0 Å². The van der Waals surface area contributed by atoms with Crippen molar-refractivity contribution in [3.05, 3.63) is 59.4 Å². The fraction of sp³-hybridized carbons (Fsp3) is 0.125. The molecule has 3 aromatic rings. The molecule has 2 heterocycles. The van der Waals surface area contributed by atoms with Crippen LogP contribution in [-0.2, 0) is 0 Å². The van der Waals surface area contributed by atoms with Gasteiger partial charge in [0, 0.05) is 25.2 Å². The highest BCUT2D eigenvalue weighted by atomic mass is 35.5. The molecule has 0 fully saturated rings. The van der Waals surface area contributed by atoms with Crippen LogP contribution in [0.2, 0.25) is 5.02 Å². The lowest BCUT2D eigenvalue weighted by Crippen LogP contribution is -2.22. The fourth-order valence-electron chi connectivity index (χ4n) is 2.09. The highest BCUT2D eigenvalue weighted by Crippen LogP contribution is 2.25. The number of carbonyl (C=O) groups excluding carboxylic acids is 1. The number of halogens is 1. The Kier molecular flexibility index (Phi) is 3.73. The first-order valence-corrected chi connectivity index (χ1v) is 7.05. The van der Waals surface area contributed by atoms with E-state index in [9.17, 15) is 4.79 Å². The second-order valence-corrected chi connectivity index (χ2v) is 5.42. The van der Waals surface area contributed by atoms with Crippen LogP contribution in [0, 0.1) is 0 Å². The van der Waals surface area contributed by atoms with E-state index in [0.717, 1.165) is 5.69 Å². The van der Waals surface area contributed by atoms with Crippen LogP contribution in [-0.4, -0.2) is 34.7 Å². The Labute approximate surface area is 132 Å². The SMILES string of the molecule is CN(C)C(=O)c1cc(-c2ccco2)n(-c2ccc(Cl)cc2)n1. The number of aromatic nitrogens is 2. The molecular weight excluding hydrogens is 302 g/mol. The molecule has 1 amide bonds. The Hall–Kier alpha value is -2.53. The molecule has 0 aliphatic carbocycles. The minimum absolute atomic E-state index is 0.166. The summed E-state index contributed by atoms with van der Waals surface area (Å²) >= 11 is 5.93. The second-order valence-electron chi connectivity index (χ2n) is 4.98. The lowest BCUT2D eigenvalue weighted by atomic mass is 10.2. The molecule has 22 heavy (non-hydrogen) atoms. The zero-order valence-electron chi connectivity index (χ0n) is 12.2. The molecule has 0 aliphatic rings. The van der Waals surface area contributed by atoms with Gasteiger partial charge < -0.3 is 9.32 Å². The average molecular weight is 316 g/mol. The van der Waals surface area contributed by atoms with E-state index in [1.807, 2.05) is 18.2 Å². The largest absolute Gasteiger partial charge is 0.463 e. The van der Waals surface area contributed by atoms with Crippen LogP contribution in [0.15, 0.2) is 53.1 Å². The first-order valence-electron chi connectivity index (χ1n) is 6.68. The summed E-state index contributed by atoms with van der Waals surface area (Å²) in [6.07, 6.45) is 1.59. The lowest BCUT2D eigenvalue weighted by molar-refractivity contribution is 0.0821. The van der Waals surface area contributed by atoms with Gasteiger partial charge in [-0.15, -0.1) is 0 Å². The van der Waals surface area contributed by atoms with E-state index in [1.54, 1.807) is 49.3 Å². The van der Waals surface area contributed by atoms with Crippen molar-refractivity contribution in [2.24, 2.45) is 0 Å². The Morgan fingerprint density at radius 1 is 1.23 bits per heavy atom. The minimum atomic E-state index is -0.166. The van der Waals surface area contributed by atoms with Crippen LogP contribution >= 0.6 is 11.6 Å². The number of furan rings is 1. The van der Waals surface area contributed by atoms with Crippen LogP contribution < -0.4 is 0 Å². The van der Waals surface area contributed by atoms with Crippen molar-refractivity contribution in [2.45, 2.75) is 0 Å². The summed E-state index contributed by atoms with van der Waals surface area (Å²) in [6.45, 7) is 0. The average Bonchev–Trinajstić information content (AvgIpc) is 3.16. The molecule has 1 aromatic carbocycles. The van der Waals surface area contributed by atoms with Crippen LogP contribution in [0.3, 0.4) is 0 Å². The smallest absolute Gasteiger partial charge is 0.273 e. The molecule has 2 aromatic heterocycles. The van der Waals surface area contributed by atoms with Crippen molar-refractivity contribution in [3.8, 4) is 17.1 Å². The molecule has 0 spiro atoms. The first-order chi connectivity index (χ1) is 10.6. The number of hydrogen-bond donors (Lipinski definition) is 0. The second kappa shape index (κ2) is 5.69. The third kappa shape index (κ3) is 2.63. The number of rotatable bonds is 3. The molecule has 6 heteroatoms. The van der Waals surface area contributed by atoms with Gasteiger partial charge in [0.05, 0.1) is 12.0 Å². The zero-order valence-corrected chi connectivity index (χ0v) is 12.9. The molecule has 5 nitrogen and oxygen atoms in total. The summed E-state index contributed by atoms with van der Waals surface area (Å²) < 4.78 is 7.12. The van der Waals surface area contributed by atoms with Gasteiger partial charge in [-0.1, -0.05) is 11.6 Å². The topological polar surface area (TPSA) is 51.3 Å². The van der Waals surface area contributed by atoms with Gasteiger partial charge in [-0.25, -0.2) is 4.68 Å². The Balaban J connectivity index is 2.14. The molecule has 3 rings (SSSR count). The third-order valence-corrected chi connectivity index (χ3v) is 3.43. The van der Waals surface area contributed by atoms with Crippen LogP contribution in [0.1, 0.15) is 10.5 Å². The predicted molar refractivity (Wildman–Crippen MR) is 84.3 cm³/mol. The quantitative estimate of drug-likeness (QED) is 0.743. The molecule has 0 saturated heterocycles. The molecule has 112 valence electrons. The maximum atomic E-state index is 12.2. The molecule has 0 atom stereocenters. The van der Waals surface area contributed by atoms with E-state index in [2.05, 4.69) is 5.10 Å². The van der Waals surface area contributed by atoms with Crippen LogP contribution in [0.25, 0.3) is 17.1 Å². The van der Waals surface area contributed by atoms with Gasteiger partial charge in [0.25, 0.3) is 5.91 Å². The van der Waals surface area contributed by atoms with Crippen molar-refractivity contribution in [3.63, 3.8) is 0 Å². The molecule has 0 bridgehead atoms. The van der Waals surface area contributed by atoms with Gasteiger partial charge in [0.15, 0.2) is 11.5 Å². The van der Waals surface area contributed by atoms with E-state index in [0.29, 0.717) is 22.2 Å². The van der Waals surface area contributed by atoms with Crippen molar-refractivity contribution < 1.29 is 9.21 Å². The van der Waals surface area contributed by atoms with Crippen molar-refractivity contribution >= 4 is 17.5 Å². The summed E-state index contributed by atoms with van der Waals surface area (Å²) in [4.78, 5) is 13.6. The predicted octanol–water partition coefficient (Wildman–Crippen LogP) is 3.49. The first kappa shape index (κ1) is 14.4. The molecule has 0 saturated carbocycles. The maximum absolute atomic E-state index is 12.2. The Morgan fingerprint density at radius 3 is 2.55 bits per heavy atom. The molecule has 0 radical (unpaired) electrons. The third-order valence-electron chi connectivity index (χ3n) is 3.18. The number of benzene rings is 1. The lowest BCUT2D eigenvalue weighted by Gasteiger charge is -2.07. The van der Waals surface area contributed by atoms with E-state index >= 15 is 0 Å². The Bertz CT molecular complexity index is 789. The standard InChI is InChI=1S/C16H14ClN3O2/c1-19(2)16(21)13-10-14(15-4-3-9-22-15)20(18-13)12-7-5-11(17)6-8-12/h3-10H,1-2H3. The highest BCUT2D eigenvalue weighted by Gasteiger charge is 2.19. The molecule has 0 aliphatic heterocycles. The van der Waals surface area contributed by atoms with Crippen molar-refractivity contribution in [2.75, 3.05) is 14.1 Å². The monoisotopic (exact) mass is 315 g/mol. The fourth-order valence-corrected chi connectivity index (χ4v) is 2.22. The molecule has 0 N–H and O–H groups in total. The van der Waals surface area contributed by atoms with E-state index in [-0.39, 0.29) is 5.91 Å². The molecule has 0 unspecified atom stereocenters. The summed E-state index contributed by atoms with van der Waals surface area (Å²) in [5, 5.41) is 5.05. The van der Waals surface area contributed by atoms with E-state index in [4.69, 9.17) is 16.0 Å². The number of nitrogens with zero attached hydrogens (tertiary/aromatic N) is 3. The van der Waals surface area contributed by atoms with E-state index in [1.165, 1.54) is 4.90 Å². The van der Waals surface area contributed by atoms with Gasteiger partial charge in [-0.05, 0) is 36.4 Å². The summed E-state index contributed by atoms with van der Waals surface area (Å²) in [5.41, 5.74) is 1.86. The van der Waals surface area contributed by atoms with Gasteiger partial charge in [0.2, 0.25) is 0 Å². The van der Waals surface area contributed by atoms with Crippen molar-refractivity contribution in [1.29, 1.82) is 0 Å². The molecular formula is C16H14ClN3O2. The van der Waals surface area contributed by atoms with Gasteiger partial charge >= 0.3 is 0 Å². The van der Waals surface area contributed by atoms with Crippen molar-refractivity contribution in [1.82, 2.24) is 14.7 Å². The minimum Gasteiger partial charge on any atom is -0.463 e. The maximum Gasteiger partial charge on any atom is 0.273 e. The normalized spacial score (nSPS) is 10.7. The van der Waals surface area contributed by atoms with Crippen LogP contribution in [0.4, 0.5) is 0 Å². The number of hydrogen-bond acceptors (Lipinski definition) is 3. The Morgan fingerprint density at radius 2 is 1.95 bits per heavy atom. The number of carbonyl (C=O) groups is 1. The van der Waals surface area contributed by atoms with Gasteiger partial charge in [0.1, 0.15) is 5.69 Å². The zero-order chi connectivity index (χ0) is 15.7. The summed E-state index contributed by atoms with van der Waals surface area (Å²) in [5.74, 6) is 0.473. The summed E-state index contributed by atoms with van der Waals surface area (Å²) in [7, 11) is 3.38. The summed E-state index contributed by atoms with van der Waals surface area (Å²) in [6, 6.07) is 12.6. The van der Waals surface area contributed by atoms with Gasteiger partial charge in [-0.3, -0.25) is 4.79 Å². The van der Waals surface area contributed by atoms with Crippen LogP contribution in [0.5, 0.6) is 0 Å². The number of amides is 1. The van der Waals surface area contributed by atoms with Gasteiger partial charge in [-0.2, -0.15) is 5.10 Å².